The minimum absolute atomic E-state index is 0.262. The Labute approximate surface area is 266 Å². The molecule has 2 N–H and O–H groups in total. The molecular formula is C35H32Cl2N4O3. The van der Waals surface area contributed by atoms with Gasteiger partial charge in [-0.05, 0) is 49.2 Å². The highest BCUT2D eigenvalue weighted by Gasteiger charge is 2.25. The van der Waals surface area contributed by atoms with Gasteiger partial charge >= 0.3 is 0 Å². The fraction of sp³-hybridized carbons (Fsp3) is 0.171. The van der Waals surface area contributed by atoms with Crippen molar-refractivity contribution in [1.29, 1.82) is 0 Å². The number of hydrogen-bond donors (Lipinski definition) is 2. The Kier molecular flexibility index (Phi) is 10.00. The molecule has 0 aliphatic heterocycles. The Morgan fingerprint density at radius 2 is 1.55 bits per heavy atom. The summed E-state index contributed by atoms with van der Waals surface area (Å²) in [5, 5.41) is 8.90. The first kappa shape index (κ1) is 30.9. The van der Waals surface area contributed by atoms with Crippen molar-refractivity contribution in [3.8, 4) is 5.75 Å². The second-order valence-electron chi connectivity index (χ2n) is 10.4. The zero-order valence-electron chi connectivity index (χ0n) is 24.3. The molecule has 44 heavy (non-hydrogen) atoms. The third kappa shape index (κ3) is 7.48. The standard InChI is InChI=1S/C35H32Cl2N4O3/c1-23-29(28-15-9-10-16-32(28)41(23)22-26-13-7-4-8-14-26)21-38-40-35(43)31(19-25-11-5-3-6-12-25)39-34(42)24(2)44-33-18-17-27(36)20-30(33)37/h3-18,20-21,24,31H,19,22H2,1-2H3,(H,39,42)(H,40,43)/b38-21-/t24-,31-/m0/s1. The Morgan fingerprint density at radius 3 is 2.25 bits per heavy atom. The van der Waals surface area contributed by atoms with Crippen LogP contribution in [0.25, 0.3) is 10.9 Å². The molecule has 1 aromatic heterocycles. The summed E-state index contributed by atoms with van der Waals surface area (Å²) in [6, 6.07) is 31.6. The van der Waals surface area contributed by atoms with Gasteiger partial charge in [0.1, 0.15) is 11.8 Å². The van der Waals surface area contributed by atoms with Crippen molar-refractivity contribution < 1.29 is 14.3 Å². The van der Waals surface area contributed by atoms with Gasteiger partial charge in [0.2, 0.25) is 0 Å². The lowest BCUT2D eigenvalue weighted by atomic mass is 10.1. The molecule has 2 amide bonds. The monoisotopic (exact) mass is 626 g/mol. The number of aromatic nitrogens is 1. The van der Waals surface area contributed by atoms with Gasteiger partial charge in [-0.25, -0.2) is 5.43 Å². The first-order valence-electron chi connectivity index (χ1n) is 14.2. The van der Waals surface area contributed by atoms with Gasteiger partial charge in [-0.15, -0.1) is 0 Å². The fourth-order valence-electron chi connectivity index (χ4n) is 4.99. The number of carbonyl (C=O) groups is 2. The third-order valence-electron chi connectivity index (χ3n) is 7.31. The van der Waals surface area contributed by atoms with Crippen molar-refractivity contribution in [2.75, 3.05) is 0 Å². The Morgan fingerprint density at radius 1 is 0.886 bits per heavy atom. The summed E-state index contributed by atoms with van der Waals surface area (Å²) in [4.78, 5) is 26.6. The number of carbonyl (C=O) groups excluding carboxylic acids is 2. The van der Waals surface area contributed by atoms with Crippen molar-refractivity contribution in [1.82, 2.24) is 15.3 Å². The number of nitrogens with zero attached hydrogens (tertiary/aromatic N) is 2. The van der Waals surface area contributed by atoms with Crippen LogP contribution in [0.5, 0.6) is 5.75 Å². The van der Waals surface area contributed by atoms with Gasteiger partial charge in [0.15, 0.2) is 6.10 Å². The minimum atomic E-state index is -0.929. The Balaban J connectivity index is 1.33. The summed E-state index contributed by atoms with van der Waals surface area (Å²) < 4.78 is 8.00. The molecule has 0 spiro atoms. The quantitative estimate of drug-likeness (QED) is 0.123. The van der Waals surface area contributed by atoms with E-state index in [0.717, 1.165) is 27.7 Å². The number of amides is 2. The van der Waals surface area contributed by atoms with E-state index in [0.29, 0.717) is 17.3 Å². The molecule has 0 saturated heterocycles. The summed E-state index contributed by atoms with van der Waals surface area (Å²) in [6.45, 7) is 4.34. The molecule has 0 bridgehead atoms. The summed E-state index contributed by atoms with van der Waals surface area (Å²) in [5.74, 6) is -0.620. The number of benzene rings is 4. The molecule has 5 rings (SSSR count). The van der Waals surface area contributed by atoms with Crippen LogP contribution in [0.3, 0.4) is 0 Å². The molecule has 0 fully saturated rings. The van der Waals surface area contributed by atoms with Crippen LogP contribution in [0.1, 0.15) is 29.3 Å². The number of para-hydroxylation sites is 1. The van der Waals surface area contributed by atoms with Crippen molar-refractivity contribution in [3.63, 3.8) is 0 Å². The molecule has 7 nitrogen and oxygen atoms in total. The van der Waals surface area contributed by atoms with Gasteiger partial charge in [-0.1, -0.05) is 102 Å². The lowest BCUT2D eigenvalue weighted by molar-refractivity contribution is -0.132. The number of rotatable bonds is 11. The van der Waals surface area contributed by atoms with E-state index in [2.05, 4.69) is 38.6 Å². The third-order valence-corrected chi connectivity index (χ3v) is 7.84. The number of halogens is 2. The van der Waals surface area contributed by atoms with Crippen molar-refractivity contribution in [3.05, 3.63) is 136 Å². The number of fused-ring (bicyclic) bond motifs is 1. The Bertz CT molecular complexity index is 1790. The van der Waals surface area contributed by atoms with Crippen LogP contribution in [-0.4, -0.2) is 34.7 Å². The molecule has 0 aliphatic carbocycles. The van der Waals surface area contributed by atoms with E-state index in [1.165, 1.54) is 11.6 Å². The van der Waals surface area contributed by atoms with Crippen LogP contribution in [0.15, 0.2) is 108 Å². The molecule has 2 atom stereocenters. The van der Waals surface area contributed by atoms with Crippen LogP contribution in [0.4, 0.5) is 0 Å². The van der Waals surface area contributed by atoms with E-state index in [9.17, 15) is 9.59 Å². The first-order valence-corrected chi connectivity index (χ1v) is 15.0. The van der Waals surface area contributed by atoms with Gasteiger partial charge in [0, 0.05) is 40.1 Å². The van der Waals surface area contributed by atoms with Crippen molar-refractivity contribution in [2.45, 2.75) is 39.0 Å². The SMILES string of the molecule is Cc1c(/C=N\NC(=O)[C@H](Cc2ccccc2)NC(=O)[C@H](C)Oc2ccc(Cl)cc2Cl)c2ccccc2n1Cc1ccccc1. The highest BCUT2D eigenvalue weighted by Crippen LogP contribution is 2.28. The largest absolute Gasteiger partial charge is 0.479 e. The lowest BCUT2D eigenvalue weighted by Crippen LogP contribution is -2.50. The van der Waals surface area contributed by atoms with E-state index in [1.807, 2.05) is 73.7 Å². The molecule has 0 radical (unpaired) electrons. The predicted molar refractivity (Wildman–Crippen MR) is 177 cm³/mol. The van der Waals surface area contributed by atoms with Crippen LogP contribution < -0.4 is 15.5 Å². The van der Waals surface area contributed by atoms with E-state index in [4.69, 9.17) is 27.9 Å². The lowest BCUT2D eigenvalue weighted by Gasteiger charge is -2.21. The second kappa shape index (κ2) is 14.3. The van der Waals surface area contributed by atoms with Crippen molar-refractivity contribution >= 4 is 52.1 Å². The molecule has 9 heteroatoms. The molecule has 0 saturated carbocycles. The molecule has 5 aromatic rings. The number of ether oxygens (including phenoxy) is 1. The zero-order chi connectivity index (χ0) is 31.1. The smallest absolute Gasteiger partial charge is 0.262 e. The van der Waals surface area contributed by atoms with Crippen LogP contribution in [-0.2, 0) is 22.6 Å². The molecule has 224 valence electrons. The zero-order valence-corrected chi connectivity index (χ0v) is 25.8. The summed E-state index contributed by atoms with van der Waals surface area (Å²) in [7, 11) is 0. The molecule has 1 heterocycles. The van der Waals surface area contributed by atoms with E-state index >= 15 is 0 Å². The molecule has 4 aromatic carbocycles. The van der Waals surface area contributed by atoms with Crippen molar-refractivity contribution in [2.24, 2.45) is 5.10 Å². The van der Waals surface area contributed by atoms with Crippen LogP contribution in [0, 0.1) is 6.92 Å². The van der Waals surface area contributed by atoms with E-state index in [1.54, 1.807) is 25.3 Å². The normalized spacial score (nSPS) is 12.6. The van der Waals surface area contributed by atoms with Crippen LogP contribution >= 0.6 is 23.2 Å². The fourth-order valence-corrected chi connectivity index (χ4v) is 5.44. The van der Waals surface area contributed by atoms with Gasteiger partial charge in [-0.3, -0.25) is 9.59 Å². The maximum atomic E-state index is 13.4. The first-order chi connectivity index (χ1) is 21.3. The average Bonchev–Trinajstić information content (AvgIpc) is 3.29. The highest BCUT2D eigenvalue weighted by atomic mass is 35.5. The summed E-state index contributed by atoms with van der Waals surface area (Å²) >= 11 is 12.2. The highest BCUT2D eigenvalue weighted by molar-refractivity contribution is 6.35. The maximum absolute atomic E-state index is 13.4. The van der Waals surface area contributed by atoms with E-state index < -0.39 is 24.0 Å². The summed E-state index contributed by atoms with van der Waals surface area (Å²) in [6.07, 6.45) is 0.992. The van der Waals surface area contributed by atoms with Gasteiger partial charge in [0.25, 0.3) is 11.8 Å². The second-order valence-corrected chi connectivity index (χ2v) is 11.3. The number of nitrogens with one attached hydrogen (secondary N) is 2. The average molecular weight is 628 g/mol. The van der Waals surface area contributed by atoms with Gasteiger partial charge in [-0.2, -0.15) is 5.10 Å². The summed E-state index contributed by atoms with van der Waals surface area (Å²) in [5.41, 5.74) is 7.71. The minimum Gasteiger partial charge on any atom is -0.479 e. The van der Waals surface area contributed by atoms with Gasteiger partial charge in [0.05, 0.1) is 11.2 Å². The molecule has 0 unspecified atom stereocenters. The molecular weight excluding hydrogens is 595 g/mol. The maximum Gasteiger partial charge on any atom is 0.262 e. The van der Waals surface area contributed by atoms with Gasteiger partial charge < -0.3 is 14.6 Å². The van der Waals surface area contributed by atoms with E-state index in [-0.39, 0.29) is 11.4 Å². The number of hydrazone groups is 1. The van der Waals surface area contributed by atoms with Crippen LogP contribution in [0.2, 0.25) is 10.0 Å². The number of hydrogen-bond acceptors (Lipinski definition) is 4. The topological polar surface area (TPSA) is 84.7 Å². The predicted octanol–water partition coefficient (Wildman–Crippen LogP) is 6.95. The molecule has 0 aliphatic rings. The Hall–Kier alpha value is -4.59.